The molecule has 9 heteroatoms. The van der Waals surface area contributed by atoms with Gasteiger partial charge in [0, 0.05) is 10.0 Å². The predicted molar refractivity (Wildman–Crippen MR) is 143 cm³/mol. The zero-order chi connectivity index (χ0) is 25.7. The number of nitrogens with one attached hydrogen (secondary N) is 1. The van der Waals surface area contributed by atoms with Crippen molar-refractivity contribution < 1.29 is 19.1 Å². The van der Waals surface area contributed by atoms with Crippen molar-refractivity contribution in [2.45, 2.75) is 13.5 Å². The maximum Gasteiger partial charge on any atom is 0.270 e. The van der Waals surface area contributed by atoms with E-state index in [9.17, 15) is 14.9 Å². The summed E-state index contributed by atoms with van der Waals surface area (Å²) in [7, 11) is 0. The Labute approximate surface area is 222 Å². The smallest absolute Gasteiger partial charge is 0.270 e. The number of thiocarbonyl (C=S) groups is 1. The van der Waals surface area contributed by atoms with Crippen LogP contribution < -0.4 is 19.7 Å². The van der Waals surface area contributed by atoms with E-state index in [2.05, 4.69) is 27.3 Å². The normalized spacial score (nSPS) is 14.4. The Hall–Kier alpha value is -4.00. The molecule has 1 saturated heterocycles. The Morgan fingerprint density at radius 2 is 1.86 bits per heavy atom. The monoisotopic (exact) mass is 561 g/mol. The van der Waals surface area contributed by atoms with Crippen LogP contribution in [0, 0.1) is 11.3 Å². The quantitative estimate of drug-likeness (QED) is 0.244. The van der Waals surface area contributed by atoms with Gasteiger partial charge >= 0.3 is 0 Å². The van der Waals surface area contributed by atoms with Crippen molar-refractivity contribution in [3.63, 3.8) is 0 Å². The number of halogens is 1. The van der Waals surface area contributed by atoms with E-state index < -0.39 is 11.8 Å². The molecule has 0 aromatic heterocycles. The molecule has 0 atom stereocenters. The first-order chi connectivity index (χ1) is 17.4. The lowest BCUT2D eigenvalue weighted by Crippen LogP contribution is -2.54. The Bertz CT molecular complexity index is 1430. The number of ether oxygens (including phenoxy) is 2. The fraction of sp³-hybridized carbons (Fsp3) is 0.111. The summed E-state index contributed by atoms with van der Waals surface area (Å²) in [5, 5.41) is 11.9. The predicted octanol–water partition coefficient (Wildman–Crippen LogP) is 5.13. The first-order valence-electron chi connectivity index (χ1n) is 11.0. The molecule has 0 spiro atoms. The minimum Gasteiger partial charge on any atom is -0.490 e. The maximum absolute atomic E-state index is 13.3. The number of carbonyl (C=O) groups excluding carboxylic acids is 2. The Kier molecular flexibility index (Phi) is 7.78. The second-order valence-corrected chi connectivity index (χ2v) is 8.94. The van der Waals surface area contributed by atoms with Gasteiger partial charge in [-0.15, -0.1) is 0 Å². The Balaban J connectivity index is 1.62. The fourth-order valence-electron chi connectivity index (χ4n) is 3.59. The molecule has 3 aromatic carbocycles. The highest BCUT2D eigenvalue weighted by Gasteiger charge is 2.34. The lowest BCUT2D eigenvalue weighted by Gasteiger charge is -2.29. The minimum absolute atomic E-state index is 0.0108. The lowest BCUT2D eigenvalue weighted by molar-refractivity contribution is -0.122. The average molecular weight is 562 g/mol. The third-order valence-electron chi connectivity index (χ3n) is 5.27. The summed E-state index contributed by atoms with van der Waals surface area (Å²) in [6.45, 7) is 2.41. The van der Waals surface area contributed by atoms with E-state index in [-0.39, 0.29) is 17.3 Å². The third-order valence-corrected chi connectivity index (χ3v) is 6.05. The van der Waals surface area contributed by atoms with Crippen molar-refractivity contribution in [2.24, 2.45) is 0 Å². The third kappa shape index (κ3) is 5.46. The number of hydrogen-bond acceptors (Lipinski definition) is 6. The van der Waals surface area contributed by atoms with Crippen LogP contribution >= 0.6 is 28.1 Å². The molecule has 4 rings (SSSR count). The Morgan fingerprint density at radius 3 is 2.61 bits per heavy atom. The second kappa shape index (κ2) is 11.2. The molecular formula is C27H20BrN3O4S. The molecular weight excluding hydrogens is 542 g/mol. The molecule has 1 fully saturated rings. The molecule has 1 heterocycles. The molecule has 1 aliphatic heterocycles. The van der Waals surface area contributed by atoms with Crippen LogP contribution in [0.15, 0.2) is 76.8 Å². The van der Waals surface area contributed by atoms with E-state index >= 15 is 0 Å². The summed E-state index contributed by atoms with van der Waals surface area (Å²) in [4.78, 5) is 27.2. The van der Waals surface area contributed by atoms with E-state index in [1.54, 1.807) is 48.5 Å². The molecule has 7 nitrogen and oxygen atoms in total. The van der Waals surface area contributed by atoms with Crippen molar-refractivity contribution in [2.75, 3.05) is 11.5 Å². The van der Waals surface area contributed by atoms with E-state index in [4.69, 9.17) is 21.7 Å². The summed E-state index contributed by atoms with van der Waals surface area (Å²) in [6, 6.07) is 21.5. The van der Waals surface area contributed by atoms with Crippen LogP contribution in [0.4, 0.5) is 5.69 Å². The van der Waals surface area contributed by atoms with Crippen molar-refractivity contribution >= 4 is 56.8 Å². The van der Waals surface area contributed by atoms with Crippen LogP contribution in [-0.4, -0.2) is 23.5 Å². The van der Waals surface area contributed by atoms with Crippen molar-refractivity contribution in [1.29, 1.82) is 5.26 Å². The molecule has 2 amide bonds. The first-order valence-corrected chi connectivity index (χ1v) is 12.2. The molecule has 0 unspecified atom stereocenters. The molecule has 1 aliphatic rings. The molecule has 0 bridgehead atoms. The number of benzene rings is 3. The summed E-state index contributed by atoms with van der Waals surface area (Å²) in [5.74, 6) is -0.191. The van der Waals surface area contributed by atoms with Crippen LogP contribution in [0.25, 0.3) is 6.08 Å². The topological polar surface area (TPSA) is 91.7 Å². The van der Waals surface area contributed by atoms with Gasteiger partial charge in [0.2, 0.25) is 0 Å². The van der Waals surface area contributed by atoms with Crippen LogP contribution in [0.3, 0.4) is 0 Å². The average Bonchev–Trinajstić information content (AvgIpc) is 2.86. The van der Waals surface area contributed by atoms with Gasteiger partial charge in [0.05, 0.1) is 23.9 Å². The highest BCUT2D eigenvalue weighted by atomic mass is 79.9. The van der Waals surface area contributed by atoms with E-state index in [1.165, 1.54) is 11.0 Å². The summed E-state index contributed by atoms with van der Waals surface area (Å²) in [5.41, 5.74) is 2.32. The number of carbonyl (C=O) groups is 2. The molecule has 1 N–H and O–H groups in total. The maximum atomic E-state index is 13.3. The SMILES string of the molecule is CCOc1cc(C=C2C(=O)NC(=S)N(c3cccc(Br)c3)C2=O)ccc1OCc1ccccc1C#N. The van der Waals surface area contributed by atoms with E-state index in [0.717, 1.165) is 10.0 Å². The fourth-order valence-corrected chi connectivity index (χ4v) is 4.25. The molecule has 0 aliphatic carbocycles. The van der Waals surface area contributed by atoms with E-state index in [0.29, 0.717) is 34.9 Å². The van der Waals surface area contributed by atoms with Crippen LogP contribution in [0.2, 0.25) is 0 Å². The van der Waals surface area contributed by atoms with Crippen molar-refractivity contribution in [3.05, 3.63) is 93.5 Å². The molecule has 36 heavy (non-hydrogen) atoms. The van der Waals surface area contributed by atoms with Crippen molar-refractivity contribution in [3.8, 4) is 17.6 Å². The molecule has 0 saturated carbocycles. The number of rotatable bonds is 7. The zero-order valence-electron chi connectivity index (χ0n) is 19.2. The van der Waals surface area contributed by atoms with Gasteiger partial charge in [-0.05, 0) is 67.2 Å². The Morgan fingerprint density at radius 1 is 1.06 bits per heavy atom. The molecule has 180 valence electrons. The van der Waals surface area contributed by atoms with Crippen molar-refractivity contribution in [1.82, 2.24) is 5.32 Å². The summed E-state index contributed by atoms with van der Waals surface area (Å²) < 4.78 is 12.4. The summed E-state index contributed by atoms with van der Waals surface area (Å²) >= 11 is 8.65. The highest BCUT2D eigenvalue weighted by Crippen LogP contribution is 2.31. The number of amides is 2. The number of nitrogens with zero attached hydrogens (tertiary/aromatic N) is 2. The second-order valence-electron chi connectivity index (χ2n) is 7.63. The first kappa shape index (κ1) is 25.1. The minimum atomic E-state index is -0.581. The van der Waals surface area contributed by atoms with Gasteiger partial charge in [-0.2, -0.15) is 5.26 Å². The van der Waals surface area contributed by atoms with Gasteiger partial charge in [0.25, 0.3) is 11.8 Å². The lowest BCUT2D eigenvalue weighted by atomic mass is 10.1. The molecule has 3 aromatic rings. The summed E-state index contributed by atoms with van der Waals surface area (Å²) in [6.07, 6.45) is 1.49. The van der Waals surface area contributed by atoms with Crippen LogP contribution in [0.5, 0.6) is 11.5 Å². The number of anilines is 1. The number of nitriles is 1. The van der Waals surface area contributed by atoms with Gasteiger partial charge in [-0.25, -0.2) is 0 Å². The van der Waals surface area contributed by atoms with Crippen LogP contribution in [-0.2, 0) is 16.2 Å². The van der Waals surface area contributed by atoms with E-state index in [1.807, 2.05) is 25.1 Å². The standard InChI is InChI=1S/C27H20BrN3O4S/c1-2-34-24-13-17(10-11-23(24)35-16-19-7-4-3-6-18(19)15-29)12-22-25(32)30-27(36)31(26(22)33)21-9-5-8-20(28)14-21/h3-14H,2,16H2,1H3,(H,30,32,36). The van der Waals surface area contributed by atoms with Gasteiger partial charge in [-0.1, -0.05) is 46.3 Å². The van der Waals surface area contributed by atoms with Gasteiger partial charge in [0.1, 0.15) is 12.2 Å². The highest BCUT2D eigenvalue weighted by molar-refractivity contribution is 9.10. The largest absolute Gasteiger partial charge is 0.490 e. The van der Waals surface area contributed by atoms with Gasteiger partial charge in [0.15, 0.2) is 16.6 Å². The number of hydrogen-bond donors (Lipinski definition) is 1. The van der Waals surface area contributed by atoms with Gasteiger partial charge < -0.3 is 9.47 Å². The van der Waals surface area contributed by atoms with Crippen LogP contribution in [0.1, 0.15) is 23.6 Å². The molecule has 0 radical (unpaired) electrons. The van der Waals surface area contributed by atoms with Gasteiger partial charge in [-0.3, -0.25) is 19.8 Å². The zero-order valence-corrected chi connectivity index (χ0v) is 21.6.